The molecule has 0 radical (unpaired) electrons. The van der Waals surface area contributed by atoms with E-state index in [2.05, 4.69) is 21.2 Å². The standard InChI is InChI=1S/C15H21BrN2O3/c1-5-15(3,4)18-13(19)9(2)21-14(20)11-8-10(17)6-7-12(11)16/h6-9H,5,17H2,1-4H3,(H,18,19). The van der Waals surface area contributed by atoms with Crippen LogP contribution in [0.3, 0.4) is 0 Å². The molecule has 0 aromatic heterocycles. The second-order valence-corrected chi connectivity index (χ2v) is 6.37. The number of nitrogen functional groups attached to an aromatic ring is 1. The van der Waals surface area contributed by atoms with Gasteiger partial charge in [-0.1, -0.05) is 6.92 Å². The third kappa shape index (κ3) is 5.04. The number of nitrogens with two attached hydrogens (primary N) is 1. The lowest BCUT2D eigenvalue weighted by Crippen LogP contribution is -2.47. The summed E-state index contributed by atoms with van der Waals surface area (Å²) in [5.41, 5.74) is 6.06. The molecule has 1 rings (SSSR count). The van der Waals surface area contributed by atoms with Gasteiger partial charge in [-0.05, 0) is 61.3 Å². The van der Waals surface area contributed by atoms with Crippen molar-refractivity contribution in [2.24, 2.45) is 0 Å². The molecule has 21 heavy (non-hydrogen) atoms. The third-order valence-electron chi connectivity index (χ3n) is 3.21. The lowest BCUT2D eigenvalue weighted by atomic mass is 10.0. The van der Waals surface area contributed by atoms with Gasteiger partial charge in [0.1, 0.15) is 0 Å². The smallest absolute Gasteiger partial charge is 0.340 e. The highest BCUT2D eigenvalue weighted by Gasteiger charge is 2.25. The van der Waals surface area contributed by atoms with Gasteiger partial charge in [0.05, 0.1) is 5.56 Å². The molecule has 1 aromatic carbocycles. The number of carbonyl (C=O) groups excluding carboxylic acids is 2. The maximum absolute atomic E-state index is 12.1. The number of benzene rings is 1. The maximum Gasteiger partial charge on any atom is 0.340 e. The molecule has 116 valence electrons. The van der Waals surface area contributed by atoms with Crippen LogP contribution in [-0.4, -0.2) is 23.5 Å². The van der Waals surface area contributed by atoms with Crippen LogP contribution in [-0.2, 0) is 9.53 Å². The van der Waals surface area contributed by atoms with Gasteiger partial charge >= 0.3 is 5.97 Å². The summed E-state index contributed by atoms with van der Waals surface area (Å²) in [6.07, 6.45) is -0.100. The second-order valence-electron chi connectivity index (χ2n) is 5.51. The summed E-state index contributed by atoms with van der Waals surface area (Å²) >= 11 is 3.26. The number of anilines is 1. The molecule has 0 heterocycles. The third-order valence-corrected chi connectivity index (χ3v) is 3.90. The minimum Gasteiger partial charge on any atom is -0.449 e. The largest absolute Gasteiger partial charge is 0.449 e. The molecule has 0 saturated carbocycles. The zero-order valence-corrected chi connectivity index (χ0v) is 14.3. The van der Waals surface area contributed by atoms with Crippen LogP contribution < -0.4 is 11.1 Å². The zero-order chi connectivity index (χ0) is 16.2. The van der Waals surface area contributed by atoms with Crippen molar-refractivity contribution in [3.63, 3.8) is 0 Å². The number of hydrogen-bond donors (Lipinski definition) is 2. The molecule has 5 nitrogen and oxygen atoms in total. The van der Waals surface area contributed by atoms with Crippen molar-refractivity contribution >= 4 is 33.5 Å². The van der Waals surface area contributed by atoms with Crippen LogP contribution >= 0.6 is 15.9 Å². The molecule has 1 aromatic rings. The van der Waals surface area contributed by atoms with E-state index in [-0.39, 0.29) is 11.4 Å². The Morgan fingerprint density at radius 3 is 2.62 bits per heavy atom. The predicted molar refractivity (Wildman–Crippen MR) is 85.9 cm³/mol. The number of rotatable bonds is 5. The molecule has 0 spiro atoms. The first-order valence-corrected chi connectivity index (χ1v) is 7.53. The van der Waals surface area contributed by atoms with Gasteiger partial charge in [-0.15, -0.1) is 0 Å². The van der Waals surface area contributed by atoms with Gasteiger partial charge in [0, 0.05) is 15.7 Å². The van der Waals surface area contributed by atoms with E-state index in [0.29, 0.717) is 15.7 Å². The Labute approximate surface area is 133 Å². The fraction of sp³-hybridized carbons (Fsp3) is 0.467. The van der Waals surface area contributed by atoms with Gasteiger partial charge in [-0.2, -0.15) is 0 Å². The summed E-state index contributed by atoms with van der Waals surface area (Å²) in [7, 11) is 0. The first-order valence-electron chi connectivity index (χ1n) is 6.74. The van der Waals surface area contributed by atoms with Gasteiger partial charge in [0.15, 0.2) is 6.10 Å². The zero-order valence-electron chi connectivity index (χ0n) is 12.7. The highest BCUT2D eigenvalue weighted by Crippen LogP contribution is 2.21. The molecule has 0 aliphatic rings. The molecule has 1 atom stereocenters. The van der Waals surface area contributed by atoms with E-state index in [1.165, 1.54) is 6.07 Å². The normalized spacial score (nSPS) is 12.6. The second kappa shape index (κ2) is 6.93. The van der Waals surface area contributed by atoms with Gasteiger partial charge < -0.3 is 15.8 Å². The van der Waals surface area contributed by atoms with E-state index < -0.39 is 12.1 Å². The molecule has 0 aliphatic heterocycles. The monoisotopic (exact) mass is 356 g/mol. The van der Waals surface area contributed by atoms with Gasteiger partial charge in [0.2, 0.25) is 0 Å². The van der Waals surface area contributed by atoms with Crippen molar-refractivity contribution in [2.45, 2.75) is 45.8 Å². The van der Waals surface area contributed by atoms with Gasteiger partial charge in [-0.25, -0.2) is 4.79 Å². The van der Waals surface area contributed by atoms with Crippen LogP contribution in [0.4, 0.5) is 5.69 Å². The summed E-state index contributed by atoms with van der Waals surface area (Å²) < 4.78 is 5.76. The Morgan fingerprint density at radius 1 is 1.43 bits per heavy atom. The SMILES string of the molecule is CCC(C)(C)NC(=O)C(C)OC(=O)c1cc(N)ccc1Br. The van der Waals surface area contributed by atoms with E-state index >= 15 is 0 Å². The highest BCUT2D eigenvalue weighted by molar-refractivity contribution is 9.10. The van der Waals surface area contributed by atoms with Crippen LogP contribution in [0.1, 0.15) is 44.5 Å². The van der Waals surface area contributed by atoms with Crippen molar-refractivity contribution in [1.82, 2.24) is 5.32 Å². The Bertz CT molecular complexity index is 544. The van der Waals surface area contributed by atoms with Crippen molar-refractivity contribution in [3.8, 4) is 0 Å². The molecule has 0 fully saturated rings. The Balaban J connectivity index is 2.74. The minimum atomic E-state index is -0.878. The summed E-state index contributed by atoms with van der Waals surface area (Å²) in [4.78, 5) is 24.1. The highest BCUT2D eigenvalue weighted by atomic mass is 79.9. The lowest BCUT2D eigenvalue weighted by Gasteiger charge is -2.26. The number of nitrogens with one attached hydrogen (secondary N) is 1. The number of hydrogen-bond acceptors (Lipinski definition) is 4. The molecule has 0 bridgehead atoms. The maximum atomic E-state index is 12.1. The summed E-state index contributed by atoms with van der Waals surface area (Å²) in [6, 6.07) is 4.84. The first-order chi connectivity index (χ1) is 9.66. The van der Waals surface area contributed by atoms with Crippen molar-refractivity contribution in [2.75, 3.05) is 5.73 Å². The Morgan fingerprint density at radius 2 is 2.05 bits per heavy atom. The molecule has 6 heteroatoms. The number of carbonyl (C=O) groups is 2. The van der Waals surface area contributed by atoms with Crippen LogP contribution in [0.5, 0.6) is 0 Å². The van der Waals surface area contributed by atoms with Crippen molar-refractivity contribution < 1.29 is 14.3 Å². The topological polar surface area (TPSA) is 81.4 Å². The average Bonchev–Trinajstić information content (AvgIpc) is 2.40. The minimum absolute atomic E-state index is 0.296. The van der Waals surface area contributed by atoms with Crippen LogP contribution in [0, 0.1) is 0 Å². The molecule has 1 unspecified atom stereocenters. The first kappa shape index (κ1) is 17.5. The van der Waals surface area contributed by atoms with Crippen LogP contribution in [0.15, 0.2) is 22.7 Å². The van der Waals surface area contributed by atoms with Crippen molar-refractivity contribution in [3.05, 3.63) is 28.2 Å². The average molecular weight is 357 g/mol. The number of amides is 1. The summed E-state index contributed by atoms with van der Waals surface area (Å²) in [6.45, 7) is 7.34. The van der Waals surface area contributed by atoms with E-state index in [0.717, 1.165) is 6.42 Å². The summed E-state index contributed by atoms with van der Waals surface area (Å²) in [5, 5.41) is 2.84. The lowest BCUT2D eigenvalue weighted by molar-refractivity contribution is -0.130. The van der Waals surface area contributed by atoms with E-state index in [1.807, 2.05) is 20.8 Å². The molecule has 1 amide bonds. The molecular weight excluding hydrogens is 336 g/mol. The van der Waals surface area contributed by atoms with E-state index in [4.69, 9.17) is 10.5 Å². The van der Waals surface area contributed by atoms with E-state index in [9.17, 15) is 9.59 Å². The number of esters is 1. The molecular formula is C15H21BrN2O3. The van der Waals surface area contributed by atoms with Crippen LogP contribution in [0.25, 0.3) is 0 Å². The van der Waals surface area contributed by atoms with Crippen molar-refractivity contribution in [1.29, 1.82) is 0 Å². The van der Waals surface area contributed by atoms with Gasteiger partial charge in [0.25, 0.3) is 5.91 Å². The van der Waals surface area contributed by atoms with Crippen LogP contribution in [0.2, 0.25) is 0 Å². The number of ether oxygens (including phenoxy) is 1. The Kier molecular flexibility index (Phi) is 5.78. The van der Waals surface area contributed by atoms with E-state index in [1.54, 1.807) is 19.1 Å². The summed E-state index contributed by atoms with van der Waals surface area (Å²) in [5.74, 6) is -0.915. The molecule has 0 saturated heterocycles. The molecule has 0 aliphatic carbocycles. The van der Waals surface area contributed by atoms with Gasteiger partial charge in [-0.3, -0.25) is 4.79 Å². The fourth-order valence-corrected chi connectivity index (χ4v) is 1.91. The fourth-order valence-electron chi connectivity index (χ4n) is 1.50. The Hall–Kier alpha value is -1.56. The molecule has 3 N–H and O–H groups in total. The quantitative estimate of drug-likeness (QED) is 0.627. The number of halogens is 1. The predicted octanol–water partition coefficient (Wildman–Crippen LogP) is 2.88.